The quantitative estimate of drug-likeness (QED) is 0.787. The van der Waals surface area contributed by atoms with Gasteiger partial charge in [0.25, 0.3) is 0 Å². The SMILES string of the molecule is O=Cc1ccc(-c2ccc(OC(F)(F)F)cc2)o1. The summed E-state index contributed by atoms with van der Waals surface area (Å²) in [7, 11) is 0. The molecule has 18 heavy (non-hydrogen) atoms. The highest BCUT2D eigenvalue weighted by Crippen LogP contribution is 2.27. The Hall–Kier alpha value is -2.24. The van der Waals surface area contributed by atoms with E-state index in [1.54, 1.807) is 6.07 Å². The highest BCUT2D eigenvalue weighted by atomic mass is 19.4. The van der Waals surface area contributed by atoms with E-state index < -0.39 is 6.36 Å². The van der Waals surface area contributed by atoms with Gasteiger partial charge in [0.15, 0.2) is 12.0 Å². The van der Waals surface area contributed by atoms with Crippen molar-refractivity contribution < 1.29 is 27.1 Å². The van der Waals surface area contributed by atoms with Crippen molar-refractivity contribution in [3.05, 3.63) is 42.2 Å². The minimum atomic E-state index is -4.71. The zero-order valence-corrected chi connectivity index (χ0v) is 8.90. The molecule has 0 aliphatic rings. The Morgan fingerprint density at radius 1 is 1.06 bits per heavy atom. The Labute approximate surface area is 99.8 Å². The van der Waals surface area contributed by atoms with Gasteiger partial charge in [-0.05, 0) is 36.4 Å². The molecule has 1 aromatic carbocycles. The van der Waals surface area contributed by atoms with Crippen molar-refractivity contribution in [2.24, 2.45) is 0 Å². The van der Waals surface area contributed by atoms with Gasteiger partial charge in [-0.1, -0.05) is 0 Å². The molecule has 0 saturated heterocycles. The van der Waals surface area contributed by atoms with Crippen LogP contribution in [0.15, 0.2) is 40.8 Å². The second-order valence-electron chi connectivity index (χ2n) is 3.39. The zero-order valence-electron chi connectivity index (χ0n) is 8.90. The summed E-state index contributed by atoms with van der Waals surface area (Å²) in [5, 5.41) is 0. The summed E-state index contributed by atoms with van der Waals surface area (Å²) >= 11 is 0. The molecule has 2 aromatic rings. The Kier molecular flexibility index (Phi) is 3.10. The third-order valence-corrected chi connectivity index (χ3v) is 2.12. The number of rotatable bonds is 3. The van der Waals surface area contributed by atoms with Gasteiger partial charge in [-0.2, -0.15) is 0 Å². The van der Waals surface area contributed by atoms with Crippen LogP contribution in [0.2, 0.25) is 0 Å². The van der Waals surface area contributed by atoms with Crippen LogP contribution in [-0.2, 0) is 0 Å². The van der Waals surface area contributed by atoms with E-state index in [9.17, 15) is 18.0 Å². The summed E-state index contributed by atoms with van der Waals surface area (Å²) in [5.41, 5.74) is 0.553. The standard InChI is InChI=1S/C12H7F3O3/c13-12(14,15)18-9-3-1-8(2-4-9)11-6-5-10(7-16)17-11/h1-7H. The largest absolute Gasteiger partial charge is 0.573 e. The molecule has 0 unspecified atom stereocenters. The lowest BCUT2D eigenvalue weighted by Gasteiger charge is -2.08. The fourth-order valence-corrected chi connectivity index (χ4v) is 1.39. The summed E-state index contributed by atoms with van der Waals surface area (Å²) in [6, 6.07) is 8.20. The molecule has 0 N–H and O–H groups in total. The van der Waals surface area contributed by atoms with Crippen LogP contribution < -0.4 is 4.74 Å². The molecule has 0 aliphatic heterocycles. The van der Waals surface area contributed by atoms with Crippen molar-refractivity contribution in [3.63, 3.8) is 0 Å². The number of carbonyl (C=O) groups is 1. The molecular weight excluding hydrogens is 249 g/mol. The number of furan rings is 1. The van der Waals surface area contributed by atoms with Crippen LogP contribution in [0.25, 0.3) is 11.3 Å². The highest BCUT2D eigenvalue weighted by Gasteiger charge is 2.30. The Balaban J connectivity index is 2.19. The first-order valence-corrected chi connectivity index (χ1v) is 4.89. The van der Waals surface area contributed by atoms with Crippen LogP contribution in [0, 0.1) is 0 Å². The molecule has 0 aliphatic carbocycles. The monoisotopic (exact) mass is 256 g/mol. The molecule has 94 valence electrons. The highest BCUT2D eigenvalue weighted by molar-refractivity contribution is 5.72. The topological polar surface area (TPSA) is 39.4 Å². The molecule has 0 fully saturated rings. The van der Waals surface area contributed by atoms with E-state index in [-0.39, 0.29) is 11.5 Å². The molecule has 0 saturated carbocycles. The van der Waals surface area contributed by atoms with Gasteiger partial charge in [0.05, 0.1) is 0 Å². The summed E-state index contributed by atoms with van der Waals surface area (Å²) in [6.07, 6.45) is -4.17. The van der Waals surface area contributed by atoms with E-state index in [2.05, 4.69) is 4.74 Å². The first-order valence-electron chi connectivity index (χ1n) is 4.89. The van der Waals surface area contributed by atoms with Crippen LogP contribution in [0.3, 0.4) is 0 Å². The lowest BCUT2D eigenvalue weighted by atomic mass is 10.2. The number of benzene rings is 1. The number of ether oxygens (including phenoxy) is 1. The lowest BCUT2D eigenvalue weighted by molar-refractivity contribution is -0.274. The van der Waals surface area contributed by atoms with Crippen molar-refractivity contribution in [3.8, 4) is 17.1 Å². The van der Waals surface area contributed by atoms with Gasteiger partial charge in [0, 0.05) is 5.56 Å². The molecule has 6 heteroatoms. The number of carbonyl (C=O) groups excluding carboxylic acids is 1. The average molecular weight is 256 g/mol. The molecule has 1 heterocycles. The van der Waals surface area contributed by atoms with Crippen LogP contribution in [0.1, 0.15) is 10.6 Å². The van der Waals surface area contributed by atoms with E-state index in [0.717, 1.165) is 0 Å². The first-order chi connectivity index (χ1) is 8.48. The van der Waals surface area contributed by atoms with Crippen molar-refractivity contribution >= 4 is 6.29 Å². The predicted molar refractivity (Wildman–Crippen MR) is 56.2 cm³/mol. The van der Waals surface area contributed by atoms with Crippen LogP contribution in [0.5, 0.6) is 5.75 Å². The maximum Gasteiger partial charge on any atom is 0.573 e. The van der Waals surface area contributed by atoms with Gasteiger partial charge in [-0.15, -0.1) is 13.2 Å². The number of halogens is 3. The number of hydrogen-bond acceptors (Lipinski definition) is 3. The van der Waals surface area contributed by atoms with Crippen molar-refractivity contribution in [1.29, 1.82) is 0 Å². The predicted octanol–water partition coefficient (Wildman–Crippen LogP) is 3.66. The number of aldehydes is 1. The van der Waals surface area contributed by atoms with E-state index in [1.165, 1.54) is 30.3 Å². The zero-order chi connectivity index (χ0) is 13.2. The summed E-state index contributed by atoms with van der Waals surface area (Å²) in [5.74, 6) is 0.240. The molecule has 2 rings (SSSR count). The van der Waals surface area contributed by atoms with Gasteiger partial charge < -0.3 is 9.15 Å². The number of hydrogen-bond donors (Lipinski definition) is 0. The number of alkyl halides is 3. The Morgan fingerprint density at radius 2 is 1.72 bits per heavy atom. The Morgan fingerprint density at radius 3 is 2.22 bits per heavy atom. The van der Waals surface area contributed by atoms with Gasteiger partial charge >= 0.3 is 6.36 Å². The minimum absolute atomic E-state index is 0.153. The third-order valence-electron chi connectivity index (χ3n) is 2.12. The summed E-state index contributed by atoms with van der Waals surface area (Å²) in [6.45, 7) is 0. The summed E-state index contributed by atoms with van der Waals surface area (Å²) in [4.78, 5) is 10.4. The van der Waals surface area contributed by atoms with Crippen LogP contribution in [0.4, 0.5) is 13.2 Å². The van der Waals surface area contributed by atoms with Gasteiger partial charge in [-0.25, -0.2) is 0 Å². The van der Waals surface area contributed by atoms with Crippen LogP contribution in [-0.4, -0.2) is 12.6 Å². The fraction of sp³-hybridized carbons (Fsp3) is 0.0833. The van der Waals surface area contributed by atoms with Crippen molar-refractivity contribution in [2.75, 3.05) is 0 Å². The maximum absolute atomic E-state index is 11.9. The Bertz CT molecular complexity index is 540. The van der Waals surface area contributed by atoms with E-state index in [0.29, 0.717) is 17.6 Å². The molecule has 1 aromatic heterocycles. The van der Waals surface area contributed by atoms with E-state index in [4.69, 9.17) is 4.42 Å². The molecular formula is C12H7F3O3. The van der Waals surface area contributed by atoms with E-state index in [1.807, 2.05) is 0 Å². The maximum atomic E-state index is 11.9. The smallest absolute Gasteiger partial charge is 0.453 e. The normalized spacial score (nSPS) is 11.3. The molecule has 0 amide bonds. The van der Waals surface area contributed by atoms with Gasteiger partial charge in [-0.3, -0.25) is 4.79 Å². The molecule has 0 radical (unpaired) electrons. The van der Waals surface area contributed by atoms with Gasteiger partial charge in [0.2, 0.25) is 0 Å². The van der Waals surface area contributed by atoms with Crippen molar-refractivity contribution in [2.45, 2.75) is 6.36 Å². The van der Waals surface area contributed by atoms with Crippen LogP contribution >= 0.6 is 0 Å². The molecule has 0 atom stereocenters. The first kappa shape index (κ1) is 12.2. The van der Waals surface area contributed by atoms with E-state index >= 15 is 0 Å². The third kappa shape index (κ3) is 2.91. The lowest BCUT2D eigenvalue weighted by Crippen LogP contribution is -2.16. The molecule has 0 bridgehead atoms. The average Bonchev–Trinajstić information content (AvgIpc) is 2.76. The fourth-order valence-electron chi connectivity index (χ4n) is 1.39. The molecule has 0 spiro atoms. The molecule has 3 nitrogen and oxygen atoms in total. The van der Waals surface area contributed by atoms with Crippen molar-refractivity contribution in [1.82, 2.24) is 0 Å². The summed E-state index contributed by atoms with van der Waals surface area (Å²) < 4.78 is 44.7. The second kappa shape index (κ2) is 4.56. The van der Waals surface area contributed by atoms with Gasteiger partial charge in [0.1, 0.15) is 11.5 Å². The minimum Gasteiger partial charge on any atom is -0.453 e. The second-order valence-corrected chi connectivity index (χ2v) is 3.39.